The average molecular weight is 294 g/mol. The van der Waals surface area contributed by atoms with Gasteiger partial charge in [-0.15, -0.1) is 0 Å². The third kappa shape index (κ3) is 0.781. The molecule has 3 heterocycles. The minimum atomic E-state index is -1.06. The third-order valence-corrected chi connectivity index (χ3v) is 7.70. The lowest BCUT2D eigenvalue weighted by molar-refractivity contribution is -0.175. The highest BCUT2D eigenvalue weighted by molar-refractivity contribution is 5.86. The van der Waals surface area contributed by atoms with E-state index in [0.29, 0.717) is 6.42 Å². The van der Waals surface area contributed by atoms with Gasteiger partial charge in [0.1, 0.15) is 23.2 Å². The Bertz CT molecular complexity index is 632. The van der Waals surface area contributed by atoms with E-state index in [0.717, 1.165) is 0 Å². The van der Waals surface area contributed by atoms with Crippen LogP contribution in [0.4, 0.5) is 0 Å². The van der Waals surface area contributed by atoms with E-state index < -0.39 is 39.5 Å². The zero-order valence-corrected chi connectivity index (χ0v) is 12.3. The van der Waals surface area contributed by atoms with Gasteiger partial charge in [0.2, 0.25) is 0 Å². The summed E-state index contributed by atoms with van der Waals surface area (Å²) >= 11 is 0. The van der Waals surface area contributed by atoms with E-state index in [1.165, 1.54) is 0 Å². The van der Waals surface area contributed by atoms with E-state index in [-0.39, 0.29) is 25.1 Å². The summed E-state index contributed by atoms with van der Waals surface area (Å²) in [4.78, 5) is 24.5. The summed E-state index contributed by atoms with van der Waals surface area (Å²) in [6, 6.07) is 0. The van der Waals surface area contributed by atoms with E-state index in [1.54, 1.807) is 6.92 Å². The standard InChI is InChI=1S/C15H18O6/c1-11-6-19-10(18)12(11,2)9(17)14-5-8(16)21-15(11,14)4-7-13(14,3)20-7/h7,9,17H,4-6H2,1-3H3/t7-,9-,11+,12-,13-,14+,15-/m0/s1. The van der Waals surface area contributed by atoms with Crippen molar-refractivity contribution in [3.05, 3.63) is 0 Å². The first kappa shape index (κ1) is 12.4. The molecule has 0 radical (unpaired) electrons. The van der Waals surface area contributed by atoms with Crippen LogP contribution in [-0.4, -0.2) is 47.1 Å². The van der Waals surface area contributed by atoms with Crippen molar-refractivity contribution in [3.8, 4) is 0 Å². The molecule has 5 rings (SSSR count). The Hall–Kier alpha value is -1.14. The normalized spacial score (nSPS) is 66.3. The van der Waals surface area contributed by atoms with Crippen molar-refractivity contribution in [3.63, 3.8) is 0 Å². The average Bonchev–Trinajstić information content (AvgIpc) is 2.69. The lowest BCUT2D eigenvalue weighted by atomic mass is 9.62. The largest absolute Gasteiger partial charge is 0.464 e. The van der Waals surface area contributed by atoms with Crippen molar-refractivity contribution >= 4 is 11.9 Å². The molecule has 5 aliphatic rings. The third-order valence-electron chi connectivity index (χ3n) is 7.70. The highest BCUT2D eigenvalue weighted by atomic mass is 16.6. The first-order valence-electron chi connectivity index (χ1n) is 7.45. The second-order valence-electron chi connectivity index (χ2n) is 7.88. The molecule has 114 valence electrons. The molecule has 0 aromatic carbocycles. The molecule has 7 atom stereocenters. The van der Waals surface area contributed by atoms with Crippen molar-refractivity contribution in [2.75, 3.05) is 6.61 Å². The van der Waals surface area contributed by atoms with Gasteiger partial charge in [-0.3, -0.25) is 9.59 Å². The molecule has 0 aromatic heterocycles. The van der Waals surface area contributed by atoms with Gasteiger partial charge in [-0.1, -0.05) is 6.92 Å². The van der Waals surface area contributed by atoms with Crippen LogP contribution in [-0.2, 0) is 23.8 Å². The molecule has 6 heteroatoms. The Kier molecular flexibility index (Phi) is 1.62. The van der Waals surface area contributed by atoms with E-state index in [9.17, 15) is 14.7 Å². The van der Waals surface area contributed by atoms with Crippen molar-refractivity contribution in [1.29, 1.82) is 0 Å². The lowest BCUT2D eigenvalue weighted by Gasteiger charge is -2.44. The molecular weight excluding hydrogens is 276 g/mol. The Labute approximate surface area is 121 Å². The van der Waals surface area contributed by atoms with Crippen LogP contribution in [0.25, 0.3) is 0 Å². The molecular formula is C15H18O6. The Morgan fingerprint density at radius 2 is 1.95 bits per heavy atom. The number of hydrogen-bond donors (Lipinski definition) is 1. The molecule has 3 saturated heterocycles. The summed E-state index contributed by atoms with van der Waals surface area (Å²) in [5.41, 5.74) is -4.08. The van der Waals surface area contributed by atoms with Crippen LogP contribution in [0.2, 0.25) is 0 Å². The summed E-state index contributed by atoms with van der Waals surface area (Å²) < 4.78 is 17.0. The zero-order valence-electron chi connectivity index (χ0n) is 12.3. The SMILES string of the molecule is C[C@@]12COC(=O)[C@]1(C)[C@H](O)[C@@]13CC(=O)O[C@@]21C[C@@H]1O[C@@]13C. The number of fused-ring (bicyclic) bond motifs is 2. The summed E-state index contributed by atoms with van der Waals surface area (Å²) in [6.45, 7) is 5.77. The van der Waals surface area contributed by atoms with Crippen LogP contribution >= 0.6 is 0 Å². The second-order valence-corrected chi connectivity index (χ2v) is 7.88. The van der Waals surface area contributed by atoms with Gasteiger partial charge in [0.05, 0.1) is 29.5 Å². The minimum absolute atomic E-state index is 0.0164. The van der Waals surface area contributed by atoms with Crippen LogP contribution < -0.4 is 0 Å². The van der Waals surface area contributed by atoms with Gasteiger partial charge in [-0.2, -0.15) is 0 Å². The molecule has 6 nitrogen and oxygen atoms in total. The van der Waals surface area contributed by atoms with Crippen molar-refractivity contribution < 1.29 is 28.9 Å². The molecule has 0 spiro atoms. The molecule has 0 aromatic rings. The Morgan fingerprint density at radius 1 is 1.24 bits per heavy atom. The summed E-state index contributed by atoms with van der Waals surface area (Å²) in [5.74, 6) is -0.712. The van der Waals surface area contributed by atoms with Crippen LogP contribution in [0.1, 0.15) is 33.6 Å². The topological polar surface area (TPSA) is 85.4 Å². The predicted molar refractivity (Wildman–Crippen MR) is 66.9 cm³/mol. The summed E-state index contributed by atoms with van der Waals surface area (Å²) in [7, 11) is 0. The maximum Gasteiger partial charge on any atom is 0.315 e. The molecule has 21 heavy (non-hydrogen) atoms. The number of carbonyl (C=O) groups is 2. The smallest absolute Gasteiger partial charge is 0.315 e. The molecule has 0 bridgehead atoms. The number of aliphatic hydroxyl groups is 1. The number of cyclic esters (lactones) is 1. The number of esters is 2. The number of carbonyl (C=O) groups excluding carboxylic acids is 2. The number of hydrogen-bond acceptors (Lipinski definition) is 6. The fourth-order valence-electron chi connectivity index (χ4n) is 6.24. The van der Waals surface area contributed by atoms with Crippen molar-refractivity contribution in [2.45, 2.75) is 57.0 Å². The van der Waals surface area contributed by atoms with E-state index in [2.05, 4.69) is 0 Å². The molecule has 2 aliphatic carbocycles. The van der Waals surface area contributed by atoms with Gasteiger partial charge in [-0.25, -0.2) is 0 Å². The maximum absolute atomic E-state index is 12.4. The molecule has 5 fully saturated rings. The fourth-order valence-corrected chi connectivity index (χ4v) is 6.24. The van der Waals surface area contributed by atoms with E-state index in [1.807, 2.05) is 13.8 Å². The summed E-state index contributed by atoms with van der Waals surface area (Å²) in [6.07, 6.45) is -0.374. The van der Waals surface area contributed by atoms with Gasteiger partial charge in [-0.05, 0) is 13.8 Å². The van der Waals surface area contributed by atoms with Crippen LogP contribution in [0.15, 0.2) is 0 Å². The summed E-state index contributed by atoms with van der Waals surface area (Å²) in [5, 5.41) is 11.2. The molecule has 3 aliphatic heterocycles. The number of epoxide rings is 1. The van der Waals surface area contributed by atoms with E-state index in [4.69, 9.17) is 14.2 Å². The molecule has 0 amide bonds. The number of ether oxygens (including phenoxy) is 3. The quantitative estimate of drug-likeness (QED) is 0.506. The zero-order chi connectivity index (χ0) is 15.1. The molecule has 2 saturated carbocycles. The minimum Gasteiger partial charge on any atom is -0.464 e. The first-order valence-corrected chi connectivity index (χ1v) is 7.45. The maximum atomic E-state index is 12.4. The monoisotopic (exact) mass is 294 g/mol. The van der Waals surface area contributed by atoms with Gasteiger partial charge >= 0.3 is 11.9 Å². The van der Waals surface area contributed by atoms with Gasteiger partial charge in [0, 0.05) is 6.42 Å². The van der Waals surface area contributed by atoms with Gasteiger partial charge in [0.15, 0.2) is 0 Å². The predicted octanol–water partition coefficient (Wildman–Crippen LogP) is 0.164. The Morgan fingerprint density at radius 3 is 2.67 bits per heavy atom. The van der Waals surface area contributed by atoms with Gasteiger partial charge in [0.25, 0.3) is 0 Å². The number of rotatable bonds is 0. The van der Waals surface area contributed by atoms with Crippen LogP contribution in [0, 0.1) is 16.2 Å². The van der Waals surface area contributed by atoms with Crippen molar-refractivity contribution in [2.24, 2.45) is 16.2 Å². The number of aliphatic hydroxyl groups excluding tert-OH is 1. The highest BCUT2D eigenvalue weighted by Crippen LogP contribution is 2.84. The fraction of sp³-hybridized carbons (Fsp3) is 0.867. The van der Waals surface area contributed by atoms with Gasteiger partial charge < -0.3 is 19.3 Å². The Balaban J connectivity index is 1.85. The highest BCUT2D eigenvalue weighted by Gasteiger charge is 2.98. The lowest BCUT2D eigenvalue weighted by Crippen LogP contribution is -2.56. The second kappa shape index (κ2) is 2.74. The van der Waals surface area contributed by atoms with E-state index >= 15 is 0 Å². The molecule has 0 unspecified atom stereocenters. The van der Waals surface area contributed by atoms with Crippen LogP contribution in [0.5, 0.6) is 0 Å². The van der Waals surface area contributed by atoms with Crippen LogP contribution in [0.3, 0.4) is 0 Å². The molecule has 1 N–H and O–H groups in total. The van der Waals surface area contributed by atoms with Crippen molar-refractivity contribution in [1.82, 2.24) is 0 Å². The first-order chi connectivity index (χ1) is 9.70.